The molecule has 1 aliphatic rings. The summed E-state index contributed by atoms with van der Waals surface area (Å²) in [4.78, 5) is 41.5. The third-order valence-electron chi connectivity index (χ3n) is 6.00. The number of likely N-dealkylation sites (tertiary alicyclic amines) is 1. The van der Waals surface area contributed by atoms with Crippen LogP contribution >= 0.6 is 22.9 Å². The largest absolute Gasteiger partial charge is 0.365 e. The van der Waals surface area contributed by atoms with Crippen molar-refractivity contribution < 1.29 is 14.0 Å². The molecule has 192 valence electrons. The number of halogens is 2. The second-order valence-corrected chi connectivity index (χ2v) is 11.6. The summed E-state index contributed by atoms with van der Waals surface area (Å²) >= 11 is 7.43. The van der Waals surface area contributed by atoms with Crippen molar-refractivity contribution in [1.82, 2.24) is 19.2 Å². The number of aromatic nitrogens is 3. The van der Waals surface area contributed by atoms with Gasteiger partial charge in [0.1, 0.15) is 29.6 Å². The molecule has 11 heteroatoms. The lowest BCUT2D eigenvalue weighted by atomic mass is 9.96. The zero-order valence-corrected chi connectivity index (χ0v) is 22.1. The number of carbonyl (C=O) groups is 2. The third kappa shape index (κ3) is 5.70. The summed E-state index contributed by atoms with van der Waals surface area (Å²) in [5.74, 6) is -0.915. The third-order valence-corrected chi connectivity index (χ3v) is 7.23. The number of nitrogens with one attached hydrogen (secondary N) is 1. The van der Waals surface area contributed by atoms with Crippen LogP contribution < -0.4 is 10.9 Å². The summed E-state index contributed by atoms with van der Waals surface area (Å²) in [6.45, 7) is 6.59. The Kier molecular flexibility index (Phi) is 7.65. The highest BCUT2D eigenvalue weighted by Gasteiger charge is 2.29. The van der Waals surface area contributed by atoms with Gasteiger partial charge in [0.05, 0.1) is 10.9 Å². The molecule has 0 aliphatic carbocycles. The number of pyridine rings is 1. The van der Waals surface area contributed by atoms with E-state index in [0.717, 1.165) is 40.8 Å². The van der Waals surface area contributed by atoms with Crippen LogP contribution in [0.25, 0.3) is 11.4 Å². The van der Waals surface area contributed by atoms with Crippen LogP contribution in [-0.2, 0) is 17.9 Å². The lowest BCUT2D eigenvalue weighted by Crippen LogP contribution is -2.40. The Morgan fingerprint density at radius 1 is 1.14 bits per heavy atom. The highest BCUT2D eigenvalue weighted by Crippen LogP contribution is 2.28. The van der Waals surface area contributed by atoms with Crippen LogP contribution in [0.15, 0.2) is 35.1 Å². The maximum Gasteiger partial charge on any atom is 0.254 e. The Balaban J connectivity index is 1.73. The summed E-state index contributed by atoms with van der Waals surface area (Å²) in [7, 11) is 0. The first-order chi connectivity index (χ1) is 17.0. The van der Waals surface area contributed by atoms with E-state index in [1.165, 1.54) is 22.1 Å². The first-order valence-corrected chi connectivity index (χ1v) is 13.0. The van der Waals surface area contributed by atoms with Gasteiger partial charge in [-0.1, -0.05) is 32.4 Å². The molecule has 3 aromatic rings. The molecule has 0 aromatic carbocycles. The van der Waals surface area contributed by atoms with E-state index in [2.05, 4.69) is 10.4 Å². The number of anilines is 1. The zero-order valence-electron chi connectivity index (χ0n) is 20.5. The van der Waals surface area contributed by atoms with Crippen molar-refractivity contribution >= 4 is 40.6 Å². The highest BCUT2D eigenvalue weighted by molar-refractivity contribution is 7.16. The van der Waals surface area contributed by atoms with E-state index in [9.17, 15) is 14.4 Å². The Labute approximate surface area is 217 Å². The summed E-state index contributed by atoms with van der Waals surface area (Å²) in [6, 6.07) is 7.33. The number of nitrogens with zero attached hydrogens (tertiary/aromatic N) is 4. The Hall–Kier alpha value is -2.98. The number of thiophene rings is 1. The van der Waals surface area contributed by atoms with Crippen molar-refractivity contribution in [2.24, 2.45) is 5.41 Å². The minimum absolute atomic E-state index is 0.0842. The van der Waals surface area contributed by atoms with Crippen molar-refractivity contribution in [3.63, 3.8) is 0 Å². The summed E-state index contributed by atoms with van der Waals surface area (Å²) in [5, 5.41) is 7.58. The second kappa shape index (κ2) is 10.6. The minimum Gasteiger partial charge on any atom is -0.365 e. The van der Waals surface area contributed by atoms with E-state index in [-0.39, 0.29) is 29.7 Å². The number of hydrogen-bond donors (Lipinski definition) is 1. The lowest BCUT2D eigenvalue weighted by Gasteiger charge is -2.27. The van der Waals surface area contributed by atoms with Gasteiger partial charge >= 0.3 is 0 Å². The van der Waals surface area contributed by atoms with Gasteiger partial charge in [-0.25, -0.2) is 4.39 Å². The Morgan fingerprint density at radius 2 is 1.86 bits per heavy atom. The topological polar surface area (TPSA) is 89.2 Å². The van der Waals surface area contributed by atoms with Gasteiger partial charge in [0.25, 0.3) is 11.5 Å². The molecule has 0 spiro atoms. The van der Waals surface area contributed by atoms with Crippen LogP contribution in [0, 0.1) is 11.2 Å². The summed E-state index contributed by atoms with van der Waals surface area (Å²) in [5.41, 5.74) is -1.34. The number of piperidine rings is 1. The second-order valence-electron chi connectivity index (χ2n) is 9.84. The first-order valence-electron chi connectivity index (χ1n) is 11.8. The van der Waals surface area contributed by atoms with Crippen LogP contribution in [0.1, 0.15) is 49.7 Å². The molecule has 0 unspecified atom stereocenters. The molecule has 1 saturated heterocycles. The maximum atomic E-state index is 15.2. The van der Waals surface area contributed by atoms with Gasteiger partial charge in [-0.15, -0.1) is 11.3 Å². The smallest absolute Gasteiger partial charge is 0.254 e. The molecule has 0 saturated carbocycles. The molecule has 36 heavy (non-hydrogen) atoms. The standard InChI is InChI=1S/C25H29ClFN5O3S/c1-25(2,3)24(35)32-20(28-14-16-7-9-19(26)36-16)13-18(29-32)23-17(27)8-10-21(33)31(23)15-22(34)30-11-5-4-6-12-30/h7-10,13,28H,4-6,11-12,14-15H2,1-3H3. The fraction of sp³-hybridized carbons (Fsp3) is 0.440. The maximum absolute atomic E-state index is 15.2. The molecule has 4 heterocycles. The molecule has 1 aliphatic heterocycles. The predicted octanol–water partition coefficient (Wildman–Crippen LogP) is 4.88. The average Bonchev–Trinajstić information content (AvgIpc) is 3.45. The Bertz CT molecular complexity index is 1330. The number of amides is 1. The monoisotopic (exact) mass is 533 g/mol. The van der Waals surface area contributed by atoms with Crippen LogP contribution in [0.5, 0.6) is 0 Å². The molecular weight excluding hydrogens is 505 g/mol. The van der Waals surface area contributed by atoms with Crippen molar-refractivity contribution in [1.29, 1.82) is 0 Å². The van der Waals surface area contributed by atoms with Gasteiger partial charge in [-0.05, 0) is 37.5 Å². The van der Waals surface area contributed by atoms with E-state index in [1.807, 2.05) is 6.07 Å². The van der Waals surface area contributed by atoms with E-state index in [0.29, 0.717) is 29.8 Å². The number of carbonyl (C=O) groups excluding carboxylic acids is 2. The summed E-state index contributed by atoms with van der Waals surface area (Å²) < 4.78 is 18.1. The lowest BCUT2D eigenvalue weighted by molar-refractivity contribution is -0.132. The zero-order chi connectivity index (χ0) is 26.0. The normalized spacial score (nSPS) is 14.2. The molecule has 0 radical (unpaired) electrons. The predicted molar refractivity (Wildman–Crippen MR) is 139 cm³/mol. The van der Waals surface area contributed by atoms with E-state index >= 15 is 4.39 Å². The van der Waals surface area contributed by atoms with Crippen molar-refractivity contribution in [3.8, 4) is 11.4 Å². The quantitative estimate of drug-likeness (QED) is 0.488. The summed E-state index contributed by atoms with van der Waals surface area (Å²) in [6.07, 6.45) is 2.86. The van der Waals surface area contributed by atoms with Gasteiger partial charge in [0.2, 0.25) is 5.91 Å². The molecule has 8 nitrogen and oxygen atoms in total. The fourth-order valence-electron chi connectivity index (χ4n) is 4.07. The van der Waals surface area contributed by atoms with E-state index in [4.69, 9.17) is 11.6 Å². The first kappa shape index (κ1) is 26.1. The van der Waals surface area contributed by atoms with Gasteiger partial charge in [-0.2, -0.15) is 9.78 Å². The molecular formula is C25H29ClFN5O3S. The molecule has 3 aromatic heterocycles. The van der Waals surface area contributed by atoms with Crippen molar-refractivity contribution in [3.05, 3.63) is 55.7 Å². The van der Waals surface area contributed by atoms with Crippen LogP contribution in [0.3, 0.4) is 0 Å². The molecule has 0 bridgehead atoms. The number of rotatable bonds is 6. The van der Waals surface area contributed by atoms with Gasteiger partial charge in [0.15, 0.2) is 0 Å². The molecule has 1 N–H and O–H groups in total. The molecule has 1 amide bonds. The molecule has 0 atom stereocenters. The van der Waals surface area contributed by atoms with E-state index < -0.39 is 16.8 Å². The van der Waals surface area contributed by atoms with Gasteiger partial charge in [-0.3, -0.25) is 19.0 Å². The van der Waals surface area contributed by atoms with Gasteiger partial charge < -0.3 is 10.2 Å². The molecule has 1 fully saturated rings. The van der Waals surface area contributed by atoms with Crippen LogP contribution in [0.4, 0.5) is 10.2 Å². The average molecular weight is 534 g/mol. The molecule has 4 rings (SSSR count). The Morgan fingerprint density at radius 3 is 2.50 bits per heavy atom. The fourth-order valence-corrected chi connectivity index (χ4v) is 5.10. The van der Waals surface area contributed by atoms with Gasteiger partial charge in [0, 0.05) is 35.5 Å². The SMILES string of the molecule is CC(C)(C)C(=O)n1nc(-c2c(F)ccc(=O)n2CC(=O)N2CCCCC2)cc1NCc1ccc(Cl)s1. The highest BCUT2D eigenvalue weighted by atomic mass is 35.5. The number of hydrogen-bond acceptors (Lipinski definition) is 6. The van der Waals surface area contributed by atoms with E-state index in [1.54, 1.807) is 31.7 Å². The van der Waals surface area contributed by atoms with Crippen molar-refractivity contribution in [2.45, 2.75) is 53.1 Å². The van der Waals surface area contributed by atoms with Crippen molar-refractivity contribution in [2.75, 3.05) is 18.4 Å². The van der Waals surface area contributed by atoms with Crippen LogP contribution in [0.2, 0.25) is 4.34 Å². The minimum atomic E-state index is -0.773. The van der Waals surface area contributed by atoms with Crippen LogP contribution in [-0.4, -0.2) is 44.2 Å².